The fourth-order valence-electron chi connectivity index (χ4n) is 2.29. The molecule has 3 nitrogen and oxygen atoms in total. The van der Waals surface area contributed by atoms with Crippen LogP contribution in [0.2, 0.25) is 10.0 Å². The molecule has 25 heavy (non-hydrogen) atoms. The van der Waals surface area contributed by atoms with Gasteiger partial charge in [0, 0.05) is 15.6 Å². The van der Waals surface area contributed by atoms with Crippen LogP contribution in [-0.4, -0.2) is 4.73 Å². The maximum Gasteiger partial charge on any atom is 0.302 e. The van der Waals surface area contributed by atoms with Crippen molar-refractivity contribution in [1.29, 1.82) is 0 Å². The van der Waals surface area contributed by atoms with Gasteiger partial charge >= 0.3 is 5.56 Å². The molecular formula is C18H11BrCl2FNO2. The summed E-state index contributed by atoms with van der Waals surface area (Å²) in [7, 11) is 0. The average molecular weight is 443 g/mol. The molecule has 0 aliphatic rings. The Hall–Kier alpha value is -1.82. The minimum Gasteiger partial charge on any atom is -0.406 e. The summed E-state index contributed by atoms with van der Waals surface area (Å²) in [6.07, 6.45) is 1.46. The van der Waals surface area contributed by atoms with Crippen molar-refractivity contribution in [3.05, 3.63) is 91.0 Å². The summed E-state index contributed by atoms with van der Waals surface area (Å²) in [6.45, 7) is 0.208. The van der Waals surface area contributed by atoms with Crippen LogP contribution in [0, 0.1) is 5.82 Å². The first-order chi connectivity index (χ1) is 12.0. The first-order valence-corrected chi connectivity index (χ1v) is 8.75. The van der Waals surface area contributed by atoms with E-state index < -0.39 is 11.4 Å². The normalized spacial score (nSPS) is 10.7. The summed E-state index contributed by atoms with van der Waals surface area (Å²) in [5.74, 6) is -0.472. The predicted octanol–water partition coefficient (Wildman–Crippen LogP) is 5.35. The topological polar surface area (TPSA) is 31.2 Å². The lowest BCUT2D eigenvalue weighted by Crippen LogP contribution is -2.27. The van der Waals surface area contributed by atoms with Gasteiger partial charge in [0.05, 0.1) is 11.2 Å². The van der Waals surface area contributed by atoms with E-state index in [1.165, 1.54) is 18.3 Å². The average Bonchev–Trinajstić information content (AvgIpc) is 2.59. The summed E-state index contributed by atoms with van der Waals surface area (Å²) in [6, 6.07) is 13.3. The first kappa shape index (κ1) is 18.0. The Kier molecular flexibility index (Phi) is 5.47. The lowest BCUT2D eigenvalue weighted by molar-refractivity contribution is 0.0889. The molecule has 0 saturated heterocycles. The molecule has 7 heteroatoms. The molecule has 0 fully saturated rings. The van der Waals surface area contributed by atoms with Crippen molar-refractivity contribution >= 4 is 39.1 Å². The standard InChI is InChI=1S/C18H11BrCl2FNO2/c19-14-9-23(25-10-11-4-2-1-3-5-11)18(24)17(21)16(14)13-7-6-12(22)8-15(13)20/h1-9H,10H2. The van der Waals surface area contributed by atoms with Gasteiger partial charge < -0.3 is 4.84 Å². The minimum absolute atomic E-state index is 0.0732. The highest BCUT2D eigenvalue weighted by atomic mass is 79.9. The Morgan fingerprint density at radius 3 is 2.52 bits per heavy atom. The number of nitrogens with zero attached hydrogens (tertiary/aromatic N) is 1. The van der Waals surface area contributed by atoms with E-state index in [1.54, 1.807) is 0 Å². The zero-order valence-corrected chi connectivity index (χ0v) is 15.8. The summed E-state index contributed by atoms with van der Waals surface area (Å²) in [5, 5.41) is 0.0842. The lowest BCUT2D eigenvalue weighted by atomic mass is 10.1. The van der Waals surface area contributed by atoms with Crippen molar-refractivity contribution in [1.82, 2.24) is 4.73 Å². The van der Waals surface area contributed by atoms with Gasteiger partial charge in [-0.05, 0) is 39.7 Å². The number of halogens is 4. The second-order valence-corrected chi connectivity index (χ2v) is 6.82. The van der Waals surface area contributed by atoms with E-state index in [4.69, 9.17) is 28.0 Å². The van der Waals surface area contributed by atoms with Gasteiger partial charge in [-0.1, -0.05) is 53.5 Å². The Balaban J connectivity index is 1.98. The van der Waals surface area contributed by atoms with E-state index in [9.17, 15) is 9.18 Å². The van der Waals surface area contributed by atoms with E-state index in [1.807, 2.05) is 30.3 Å². The van der Waals surface area contributed by atoms with Gasteiger partial charge in [-0.2, -0.15) is 0 Å². The second-order valence-electron chi connectivity index (χ2n) is 5.18. The number of hydrogen-bond acceptors (Lipinski definition) is 2. The molecule has 0 aliphatic heterocycles. The molecule has 0 unspecified atom stereocenters. The molecule has 0 saturated carbocycles. The molecular weight excluding hydrogens is 432 g/mol. The third-order valence-corrected chi connectivity index (χ3v) is 4.76. The Morgan fingerprint density at radius 2 is 1.84 bits per heavy atom. The number of hydrogen-bond donors (Lipinski definition) is 0. The van der Waals surface area contributed by atoms with Crippen LogP contribution in [-0.2, 0) is 6.61 Å². The molecule has 0 amide bonds. The third-order valence-electron chi connectivity index (χ3n) is 3.49. The zero-order valence-electron chi connectivity index (χ0n) is 12.7. The molecule has 0 N–H and O–H groups in total. The van der Waals surface area contributed by atoms with Crippen LogP contribution in [0.15, 0.2) is 64.0 Å². The van der Waals surface area contributed by atoms with E-state index in [-0.39, 0.29) is 16.7 Å². The number of aromatic nitrogens is 1. The van der Waals surface area contributed by atoms with Gasteiger partial charge in [-0.25, -0.2) is 4.39 Å². The van der Waals surface area contributed by atoms with Gasteiger partial charge in [0.25, 0.3) is 0 Å². The fourth-order valence-corrected chi connectivity index (χ4v) is 3.55. The summed E-state index contributed by atoms with van der Waals surface area (Å²) in [5.41, 5.74) is 1.21. The minimum atomic E-state index is -0.531. The van der Waals surface area contributed by atoms with Crippen LogP contribution in [0.4, 0.5) is 4.39 Å². The Labute approximate surface area is 161 Å². The van der Waals surface area contributed by atoms with Crippen molar-refractivity contribution in [3.8, 4) is 11.1 Å². The first-order valence-electron chi connectivity index (χ1n) is 7.20. The monoisotopic (exact) mass is 441 g/mol. The highest BCUT2D eigenvalue weighted by molar-refractivity contribution is 9.10. The van der Waals surface area contributed by atoms with E-state index in [2.05, 4.69) is 15.9 Å². The van der Waals surface area contributed by atoms with Gasteiger partial charge in [-0.3, -0.25) is 4.79 Å². The summed E-state index contributed by atoms with van der Waals surface area (Å²) >= 11 is 15.7. The molecule has 0 radical (unpaired) electrons. The van der Waals surface area contributed by atoms with Crippen LogP contribution < -0.4 is 10.4 Å². The van der Waals surface area contributed by atoms with Crippen molar-refractivity contribution in [3.63, 3.8) is 0 Å². The van der Waals surface area contributed by atoms with Crippen LogP contribution in [0.3, 0.4) is 0 Å². The quantitative estimate of drug-likeness (QED) is 0.545. The molecule has 1 aromatic heterocycles. The maximum absolute atomic E-state index is 13.3. The van der Waals surface area contributed by atoms with Crippen LogP contribution in [0.1, 0.15) is 5.56 Å². The van der Waals surface area contributed by atoms with Crippen molar-refractivity contribution in [2.24, 2.45) is 0 Å². The highest BCUT2D eigenvalue weighted by Crippen LogP contribution is 2.37. The smallest absolute Gasteiger partial charge is 0.302 e. The number of benzene rings is 2. The molecule has 128 valence electrons. The largest absolute Gasteiger partial charge is 0.406 e. The van der Waals surface area contributed by atoms with Crippen molar-refractivity contribution < 1.29 is 9.23 Å². The fraction of sp³-hybridized carbons (Fsp3) is 0.0556. The SMILES string of the molecule is O=c1c(Cl)c(-c2ccc(F)cc2Cl)c(Br)cn1OCc1ccccc1. The maximum atomic E-state index is 13.3. The molecule has 0 bridgehead atoms. The summed E-state index contributed by atoms with van der Waals surface area (Å²) in [4.78, 5) is 18.0. The molecule has 3 rings (SSSR count). The van der Waals surface area contributed by atoms with Crippen molar-refractivity contribution in [2.75, 3.05) is 0 Å². The van der Waals surface area contributed by atoms with Gasteiger partial charge in [-0.15, -0.1) is 4.73 Å². The molecule has 0 aliphatic carbocycles. The number of rotatable bonds is 4. The predicted molar refractivity (Wildman–Crippen MR) is 101 cm³/mol. The van der Waals surface area contributed by atoms with Gasteiger partial charge in [0.1, 0.15) is 17.4 Å². The second kappa shape index (κ2) is 7.60. The van der Waals surface area contributed by atoms with Gasteiger partial charge in [0.15, 0.2) is 0 Å². The molecule has 0 atom stereocenters. The number of pyridine rings is 1. The van der Waals surface area contributed by atoms with Crippen LogP contribution in [0.25, 0.3) is 11.1 Å². The van der Waals surface area contributed by atoms with Crippen LogP contribution >= 0.6 is 39.1 Å². The molecule has 0 spiro atoms. The Morgan fingerprint density at radius 1 is 1.12 bits per heavy atom. The third kappa shape index (κ3) is 3.89. The van der Waals surface area contributed by atoms with E-state index in [0.717, 1.165) is 16.4 Å². The van der Waals surface area contributed by atoms with E-state index >= 15 is 0 Å². The zero-order chi connectivity index (χ0) is 18.0. The Bertz CT molecular complexity index is 977. The highest BCUT2D eigenvalue weighted by Gasteiger charge is 2.18. The van der Waals surface area contributed by atoms with E-state index in [0.29, 0.717) is 15.6 Å². The lowest BCUT2D eigenvalue weighted by Gasteiger charge is -2.14. The van der Waals surface area contributed by atoms with Crippen LogP contribution in [0.5, 0.6) is 0 Å². The summed E-state index contributed by atoms with van der Waals surface area (Å²) < 4.78 is 14.8. The van der Waals surface area contributed by atoms with Crippen molar-refractivity contribution in [2.45, 2.75) is 6.61 Å². The molecule has 1 heterocycles. The van der Waals surface area contributed by atoms with Gasteiger partial charge in [0.2, 0.25) is 0 Å². The molecule has 3 aromatic rings. The molecule has 2 aromatic carbocycles.